The van der Waals surface area contributed by atoms with Crippen LogP contribution < -0.4 is 10.6 Å². The fourth-order valence-corrected chi connectivity index (χ4v) is 4.80. The summed E-state index contributed by atoms with van der Waals surface area (Å²) in [5, 5.41) is 6.84. The van der Waals surface area contributed by atoms with Gasteiger partial charge in [0.15, 0.2) is 0 Å². The van der Waals surface area contributed by atoms with Gasteiger partial charge in [0, 0.05) is 23.7 Å². The first-order valence-electron chi connectivity index (χ1n) is 8.48. The topological polar surface area (TPSA) is 64.7 Å². The van der Waals surface area contributed by atoms with Crippen LogP contribution in [-0.4, -0.2) is 56.9 Å². The number of β-lactam (4-membered cyclic amide) rings is 1. The highest BCUT2D eigenvalue weighted by atomic mass is 32.1. The average molecular weight is 340 g/mol. The van der Waals surface area contributed by atoms with Gasteiger partial charge in [-0.2, -0.15) is 0 Å². The van der Waals surface area contributed by atoms with Gasteiger partial charge >= 0.3 is 6.03 Å². The number of thiol groups is 1. The number of carbonyl (C=O) groups excluding carboxylic acids is 2. The number of carbonyl (C=O) groups is 2. The van der Waals surface area contributed by atoms with Gasteiger partial charge in [0.05, 0.1) is 6.04 Å². The van der Waals surface area contributed by atoms with E-state index in [2.05, 4.69) is 51.1 Å². The van der Waals surface area contributed by atoms with Crippen molar-refractivity contribution in [3.63, 3.8) is 0 Å². The first-order valence-corrected chi connectivity index (χ1v) is 8.88. The molecule has 7 heteroatoms. The van der Waals surface area contributed by atoms with Crippen LogP contribution in [0.25, 0.3) is 0 Å². The van der Waals surface area contributed by atoms with E-state index in [1.54, 1.807) is 4.90 Å². The van der Waals surface area contributed by atoms with E-state index in [4.69, 9.17) is 0 Å². The summed E-state index contributed by atoms with van der Waals surface area (Å²) >= 11 is 4.17. The van der Waals surface area contributed by atoms with Crippen molar-refractivity contribution < 1.29 is 9.59 Å². The summed E-state index contributed by atoms with van der Waals surface area (Å²) in [5.74, 6) is -0.0602. The molecular weight excluding hydrogens is 312 g/mol. The van der Waals surface area contributed by atoms with E-state index in [9.17, 15) is 9.59 Å². The SMILES string of the molecule is CC1(C)CCC(NC(=O)N2CC[C@@H]3[C@H]2C(=O)N3S)CC(C)(C)N1. The van der Waals surface area contributed by atoms with Gasteiger partial charge in [-0.05, 0) is 53.4 Å². The minimum atomic E-state index is -0.305. The predicted molar refractivity (Wildman–Crippen MR) is 92.2 cm³/mol. The Hall–Kier alpha value is -0.950. The molecule has 0 saturated carbocycles. The van der Waals surface area contributed by atoms with Crippen molar-refractivity contribution in [2.45, 2.75) is 82.6 Å². The molecule has 3 aliphatic heterocycles. The Morgan fingerprint density at radius 3 is 2.65 bits per heavy atom. The van der Waals surface area contributed by atoms with Crippen molar-refractivity contribution >= 4 is 24.8 Å². The molecule has 130 valence electrons. The molecular formula is C16H28N4O2S. The van der Waals surface area contributed by atoms with E-state index >= 15 is 0 Å². The Labute approximate surface area is 143 Å². The van der Waals surface area contributed by atoms with Crippen molar-refractivity contribution in [3.8, 4) is 0 Å². The van der Waals surface area contributed by atoms with E-state index < -0.39 is 0 Å². The Morgan fingerprint density at radius 2 is 1.96 bits per heavy atom. The quantitative estimate of drug-likeness (QED) is 0.501. The number of likely N-dealkylation sites (tertiary alicyclic amines) is 1. The maximum atomic E-state index is 12.6. The first-order chi connectivity index (χ1) is 10.6. The zero-order valence-corrected chi connectivity index (χ0v) is 15.3. The molecule has 6 nitrogen and oxygen atoms in total. The highest BCUT2D eigenvalue weighted by Gasteiger charge is 2.55. The number of hydrogen-bond donors (Lipinski definition) is 3. The van der Waals surface area contributed by atoms with Crippen LogP contribution in [0.15, 0.2) is 0 Å². The standard InChI is InChI=1S/C16H28N4O2S/c1-15(2)7-5-10(9-16(3,4)18-15)17-14(22)19-8-6-11-12(19)13(21)20(11)23/h10-12,18,23H,5-9H2,1-4H3,(H,17,22)/t10?,11-,12+/m1/s1. The summed E-state index contributed by atoms with van der Waals surface area (Å²) in [7, 11) is 0. The van der Waals surface area contributed by atoms with Gasteiger partial charge in [-0.3, -0.25) is 9.10 Å². The van der Waals surface area contributed by atoms with E-state index in [1.165, 1.54) is 4.31 Å². The summed E-state index contributed by atoms with van der Waals surface area (Å²) in [4.78, 5) is 26.2. The van der Waals surface area contributed by atoms with Crippen LogP contribution in [0.5, 0.6) is 0 Å². The molecule has 3 amide bonds. The van der Waals surface area contributed by atoms with Crippen LogP contribution >= 0.6 is 12.8 Å². The first kappa shape index (κ1) is 16.9. The molecule has 3 atom stereocenters. The number of urea groups is 1. The highest BCUT2D eigenvalue weighted by Crippen LogP contribution is 2.35. The second-order valence-corrected chi connectivity index (χ2v) is 8.89. The largest absolute Gasteiger partial charge is 0.335 e. The van der Waals surface area contributed by atoms with Crippen molar-refractivity contribution in [3.05, 3.63) is 0 Å². The fraction of sp³-hybridized carbons (Fsp3) is 0.875. The van der Waals surface area contributed by atoms with E-state index in [0.717, 1.165) is 25.7 Å². The van der Waals surface area contributed by atoms with Gasteiger partial charge in [0.2, 0.25) is 0 Å². The summed E-state index contributed by atoms with van der Waals surface area (Å²) in [5.41, 5.74) is 0.0395. The number of nitrogens with one attached hydrogen (secondary N) is 2. The molecule has 0 aromatic rings. The zero-order chi connectivity index (χ0) is 17.0. The number of hydrogen-bond acceptors (Lipinski definition) is 4. The maximum absolute atomic E-state index is 12.6. The minimum Gasteiger partial charge on any atom is -0.335 e. The molecule has 2 N–H and O–H groups in total. The van der Waals surface area contributed by atoms with Gasteiger partial charge in [-0.25, -0.2) is 4.79 Å². The van der Waals surface area contributed by atoms with Crippen molar-refractivity contribution in [1.82, 2.24) is 19.8 Å². The zero-order valence-electron chi connectivity index (χ0n) is 14.4. The molecule has 3 heterocycles. The smallest absolute Gasteiger partial charge is 0.318 e. The third-order valence-electron chi connectivity index (χ3n) is 5.30. The van der Waals surface area contributed by atoms with Crippen molar-refractivity contribution in [1.29, 1.82) is 0 Å². The molecule has 3 rings (SSSR count). The van der Waals surface area contributed by atoms with Crippen molar-refractivity contribution in [2.24, 2.45) is 0 Å². The lowest BCUT2D eigenvalue weighted by molar-refractivity contribution is -0.142. The molecule has 0 aromatic carbocycles. The normalized spacial score (nSPS) is 35.3. The lowest BCUT2D eigenvalue weighted by Crippen LogP contribution is -2.64. The predicted octanol–water partition coefficient (Wildman–Crippen LogP) is 1.53. The van der Waals surface area contributed by atoms with E-state index in [-0.39, 0.29) is 41.1 Å². The lowest BCUT2D eigenvalue weighted by atomic mass is 9.95. The maximum Gasteiger partial charge on any atom is 0.318 e. The summed E-state index contributed by atoms with van der Waals surface area (Å²) in [6, 6.07) is -0.190. The monoisotopic (exact) mass is 340 g/mol. The Bertz CT molecular complexity index is 522. The Morgan fingerprint density at radius 1 is 1.26 bits per heavy atom. The molecule has 3 saturated heterocycles. The summed E-state index contributed by atoms with van der Waals surface area (Å²) in [6.45, 7) is 9.40. The van der Waals surface area contributed by atoms with Gasteiger partial charge in [0.1, 0.15) is 6.04 Å². The Kier molecular flexibility index (Phi) is 4.08. The third kappa shape index (κ3) is 3.18. The second-order valence-electron chi connectivity index (χ2n) is 8.46. The molecule has 0 aromatic heterocycles. The number of nitrogens with zero attached hydrogens (tertiary/aromatic N) is 2. The van der Waals surface area contributed by atoms with Crippen LogP contribution in [0.1, 0.15) is 53.4 Å². The van der Waals surface area contributed by atoms with E-state index in [0.29, 0.717) is 6.54 Å². The molecule has 3 aliphatic rings. The molecule has 0 bridgehead atoms. The number of fused-ring (bicyclic) bond motifs is 1. The molecule has 0 radical (unpaired) electrons. The second kappa shape index (κ2) is 5.55. The average Bonchev–Trinajstić information content (AvgIpc) is 2.79. The molecule has 0 spiro atoms. The highest BCUT2D eigenvalue weighted by molar-refractivity contribution is 7.78. The molecule has 23 heavy (non-hydrogen) atoms. The van der Waals surface area contributed by atoms with Gasteiger partial charge < -0.3 is 15.5 Å². The molecule has 3 fully saturated rings. The van der Waals surface area contributed by atoms with Crippen LogP contribution in [0.3, 0.4) is 0 Å². The minimum absolute atomic E-state index is 0.0281. The van der Waals surface area contributed by atoms with Crippen LogP contribution in [0, 0.1) is 0 Å². The van der Waals surface area contributed by atoms with Crippen LogP contribution in [-0.2, 0) is 4.79 Å². The summed E-state index contributed by atoms with van der Waals surface area (Å²) < 4.78 is 1.46. The third-order valence-corrected chi connectivity index (χ3v) is 5.79. The van der Waals surface area contributed by atoms with Crippen molar-refractivity contribution in [2.75, 3.05) is 6.54 Å². The van der Waals surface area contributed by atoms with Crippen LogP contribution in [0.2, 0.25) is 0 Å². The number of amides is 3. The molecule has 0 aliphatic carbocycles. The van der Waals surface area contributed by atoms with Gasteiger partial charge in [0.25, 0.3) is 5.91 Å². The molecule has 1 unspecified atom stereocenters. The fourth-order valence-electron chi connectivity index (χ4n) is 4.44. The van der Waals surface area contributed by atoms with Gasteiger partial charge in [-0.1, -0.05) is 12.8 Å². The summed E-state index contributed by atoms with van der Waals surface area (Å²) in [6.07, 6.45) is 3.66. The number of rotatable bonds is 1. The van der Waals surface area contributed by atoms with E-state index in [1.807, 2.05) is 0 Å². The van der Waals surface area contributed by atoms with Crippen LogP contribution in [0.4, 0.5) is 4.79 Å². The Balaban J connectivity index is 1.63. The van der Waals surface area contributed by atoms with Gasteiger partial charge in [-0.15, -0.1) is 0 Å². The lowest BCUT2D eigenvalue weighted by Gasteiger charge is -2.42.